The largest absolute Gasteiger partial charge is 0.459 e. The van der Waals surface area contributed by atoms with E-state index < -0.39 is 0 Å². The summed E-state index contributed by atoms with van der Waals surface area (Å²) in [6, 6.07) is 10.6. The van der Waals surface area contributed by atoms with E-state index in [1.165, 1.54) is 6.26 Å². The smallest absolute Gasteiger partial charge is 0.315 e. The number of nitrogens with one attached hydrogen (secondary N) is 2. The van der Waals surface area contributed by atoms with Crippen molar-refractivity contribution in [2.75, 3.05) is 13.1 Å². The highest BCUT2D eigenvalue weighted by atomic mass is 35.5. The molecular weight excluding hydrogens is 342 g/mol. The first kappa shape index (κ1) is 17.4. The van der Waals surface area contributed by atoms with Crippen LogP contribution >= 0.6 is 11.6 Å². The number of piperidine rings is 1. The number of urea groups is 1. The van der Waals surface area contributed by atoms with Gasteiger partial charge < -0.3 is 20.0 Å². The van der Waals surface area contributed by atoms with Crippen molar-refractivity contribution in [3.8, 4) is 0 Å². The molecule has 132 valence electrons. The van der Waals surface area contributed by atoms with E-state index in [4.69, 9.17) is 16.0 Å². The van der Waals surface area contributed by atoms with Gasteiger partial charge in [-0.3, -0.25) is 4.79 Å². The van der Waals surface area contributed by atoms with E-state index >= 15 is 0 Å². The summed E-state index contributed by atoms with van der Waals surface area (Å²) < 4.78 is 5.14. The lowest BCUT2D eigenvalue weighted by molar-refractivity contribution is 0.0676. The molecule has 0 spiro atoms. The highest BCUT2D eigenvalue weighted by molar-refractivity contribution is 6.30. The Bertz CT molecular complexity index is 708. The third-order valence-corrected chi connectivity index (χ3v) is 4.47. The molecule has 3 amide bonds. The van der Waals surface area contributed by atoms with Gasteiger partial charge in [0.25, 0.3) is 5.91 Å². The molecule has 0 aliphatic carbocycles. The molecule has 2 heterocycles. The molecule has 1 aromatic heterocycles. The van der Waals surface area contributed by atoms with E-state index in [-0.39, 0.29) is 18.0 Å². The SMILES string of the molecule is O=C(NCc1ccc(Cl)cc1)NC1CCN(C(=O)c2ccco2)CC1. The fourth-order valence-electron chi connectivity index (χ4n) is 2.80. The zero-order valence-electron chi connectivity index (χ0n) is 13.7. The minimum absolute atomic E-state index is 0.0610. The molecule has 6 nitrogen and oxygen atoms in total. The molecule has 0 bridgehead atoms. The molecule has 1 saturated heterocycles. The second kappa shape index (κ2) is 8.07. The van der Waals surface area contributed by atoms with Crippen LogP contribution in [0.2, 0.25) is 5.02 Å². The number of hydrogen-bond acceptors (Lipinski definition) is 3. The zero-order chi connectivity index (χ0) is 17.6. The normalized spacial score (nSPS) is 15.0. The lowest BCUT2D eigenvalue weighted by atomic mass is 10.0. The molecule has 0 radical (unpaired) electrons. The van der Waals surface area contributed by atoms with Crippen LogP contribution < -0.4 is 10.6 Å². The van der Waals surface area contributed by atoms with Crippen LogP contribution in [0.1, 0.15) is 29.0 Å². The maximum Gasteiger partial charge on any atom is 0.315 e. The van der Waals surface area contributed by atoms with Gasteiger partial charge >= 0.3 is 6.03 Å². The van der Waals surface area contributed by atoms with Crippen LogP contribution in [-0.4, -0.2) is 36.0 Å². The summed E-state index contributed by atoms with van der Waals surface area (Å²) in [6.07, 6.45) is 2.94. The lowest BCUT2D eigenvalue weighted by Gasteiger charge is -2.31. The highest BCUT2D eigenvalue weighted by Crippen LogP contribution is 2.14. The van der Waals surface area contributed by atoms with Crippen molar-refractivity contribution < 1.29 is 14.0 Å². The first-order valence-corrected chi connectivity index (χ1v) is 8.61. The van der Waals surface area contributed by atoms with Gasteiger partial charge in [0, 0.05) is 30.7 Å². The second-order valence-electron chi connectivity index (χ2n) is 6.00. The summed E-state index contributed by atoms with van der Waals surface area (Å²) in [7, 11) is 0. The second-order valence-corrected chi connectivity index (χ2v) is 6.43. The molecular formula is C18H20ClN3O3. The van der Waals surface area contributed by atoms with Gasteiger partial charge in [0.2, 0.25) is 0 Å². The molecule has 2 aromatic rings. The van der Waals surface area contributed by atoms with Gasteiger partial charge in [0.05, 0.1) is 6.26 Å². The number of carbonyl (C=O) groups excluding carboxylic acids is 2. The predicted octanol–water partition coefficient (Wildman–Crippen LogP) is 3.04. The Kier molecular flexibility index (Phi) is 5.60. The van der Waals surface area contributed by atoms with E-state index in [0.717, 1.165) is 18.4 Å². The predicted molar refractivity (Wildman–Crippen MR) is 94.5 cm³/mol. The van der Waals surface area contributed by atoms with E-state index in [0.29, 0.717) is 30.4 Å². The molecule has 7 heteroatoms. The van der Waals surface area contributed by atoms with Crippen LogP contribution in [0.25, 0.3) is 0 Å². The molecule has 1 aliphatic heterocycles. The van der Waals surface area contributed by atoms with Crippen LogP contribution in [0.5, 0.6) is 0 Å². The molecule has 3 rings (SSSR count). The van der Waals surface area contributed by atoms with Crippen LogP contribution in [0.15, 0.2) is 47.1 Å². The number of carbonyl (C=O) groups is 2. The monoisotopic (exact) mass is 361 g/mol. The zero-order valence-corrected chi connectivity index (χ0v) is 14.5. The number of likely N-dealkylation sites (tertiary alicyclic amines) is 1. The maximum absolute atomic E-state index is 12.2. The van der Waals surface area contributed by atoms with Crippen molar-refractivity contribution >= 4 is 23.5 Å². The minimum atomic E-state index is -0.203. The summed E-state index contributed by atoms with van der Waals surface area (Å²) in [5, 5.41) is 6.46. The summed E-state index contributed by atoms with van der Waals surface area (Å²) in [6.45, 7) is 1.64. The van der Waals surface area contributed by atoms with Gasteiger partial charge in [-0.25, -0.2) is 4.79 Å². The fourth-order valence-corrected chi connectivity index (χ4v) is 2.93. The van der Waals surface area contributed by atoms with Crippen LogP contribution in [0.3, 0.4) is 0 Å². The number of amides is 3. The first-order chi connectivity index (χ1) is 12.1. The average molecular weight is 362 g/mol. The van der Waals surface area contributed by atoms with Gasteiger partial charge in [-0.05, 0) is 42.7 Å². The van der Waals surface area contributed by atoms with Gasteiger partial charge in [-0.1, -0.05) is 23.7 Å². The Morgan fingerprint density at radius 1 is 1.16 bits per heavy atom. The molecule has 1 aromatic carbocycles. The third-order valence-electron chi connectivity index (χ3n) is 4.22. The Balaban J connectivity index is 1.40. The average Bonchev–Trinajstić information content (AvgIpc) is 3.16. The Morgan fingerprint density at radius 3 is 2.52 bits per heavy atom. The molecule has 25 heavy (non-hydrogen) atoms. The summed E-state index contributed by atoms with van der Waals surface area (Å²) in [5.41, 5.74) is 0.985. The molecule has 0 unspecified atom stereocenters. The Morgan fingerprint density at radius 2 is 1.88 bits per heavy atom. The summed E-state index contributed by atoms with van der Waals surface area (Å²) >= 11 is 5.84. The summed E-state index contributed by atoms with van der Waals surface area (Å²) in [5.74, 6) is 0.253. The topological polar surface area (TPSA) is 74.6 Å². The van der Waals surface area contributed by atoms with Gasteiger partial charge in [0.15, 0.2) is 5.76 Å². The van der Waals surface area contributed by atoms with E-state index in [1.54, 1.807) is 29.2 Å². The maximum atomic E-state index is 12.2. The summed E-state index contributed by atoms with van der Waals surface area (Å²) in [4.78, 5) is 26.0. The van der Waals surface area contributed by atoms with Crippen LogP contribution in [0, 0.1) is 0 Å². The fraction of sp³-hybridized carbons (Fsp3) is 0.333. The number of hydrogen-bond donors (Lipinski definition) is 2. The van der Waals surface area contributed by atoms with Crippen molar-refractivity contribution in [3.63, 3.8) is 0 Å². The van der Waals surface area contributed by atoms with Crippen LogP contribution in [-0.2, 0) is 6.54 Å². The standard InChI is InChI=1S/C18H20ClN3O3/c19-14-5-3-13(4-6-14)12-20-18(24)21-15-7-9-22(10-8-15)17(23)16-2-1-11-25-16/h1-6,11,15H,7-10,12H2,(H2,20,21,24). The quantitative estimate of drug-likeness (QED) is 0.879. The molecule has 1 aliphatic rings. The van der Waals surface area contributed by atoms with Gasteiger partial charge in [-0.2, -0.15) is 0 Å². The third kappa shape index (κ3) is 4.76. The number of halogens is 1. The Labute approximate surface area is 151 Å². The van der Waals surface area contributed by atoms with Crippen molar-refractivity contribution in [3.05, 3.63) is 59.0 Å². The minimum Gasteiger partial charge on any atom is -0.459 e. The Hall–Kier alpha value is -2.47. The van der Waals surface area contributed by atoms with E-state index in [2.05, 4.69) is 10.6 Å². The molecule has 2 N–H and O–H groups in total. The number of furan rings is 1. The highest BCUT2D eigenvalue weighted by Gasteiger charge is 2.25. The van der Waals surface area contributed by atoms with Crippen LogP contribution in [0.4, 0.5) is 4.79 Å². The van der Waals surface area contributed by atoms with Crippen molar-refractivity contribution in [1.82, 2.24) is 15.5 Å². The van der Waals surface area contributed by atoms with E-state index in [1.807, 2.05) is 12.1 Å². The lowest BCUT2D eigenvalue weighted by Crippen LogP contribution is -2.49. The first-order valence-electron chi connectivity index (χ1n) is 8.23. The number of rotatable bonds is 4. The molecule has 1 fully saturated rings. The number of benzene rings is 1. The van der Waals surface area contributed by atoms with Crippen molar-refractivity contribution in [1.29, 1.82) is 0 Å². The molecule has 0 saturated carbocycles. The van der Waals surface area contributed by atoms with Crippen molar-refractivity contribution in [2.24, 2.45) is 0 Å². The molecule has 0 atom stereocenters. The van der Waals surface area contributed by atoms with Gasteiger partial charge in [-0.15, -0.1) is 0 Å². The van der Waals surface area contributed by atoms with E-state index in [9.17, 15) is 9.59 Å². The number of nitrogens with zero attached hydrogens (tertiary/aromatic N) is 1. The van der Waals surface area contributed by atoms with Crippen molar-refractivity contribution in [2.45, 2.75) is 25.4 Å². The van der Waals surface area contributed by atoms with Gasteiger partial charge in [0.1, 0.15) is 0 Å².